The Balaban J connectivity index is 2.43. The SMILES string of the molecule is O=Cc1cc(-c2cccc(Br)c2)no1. The highest BCUT2D eigenvalue weighted by atomic mass is 79.9. The second kappa shape index (κ2) is 3.75. The number of carbonyl (C=O) groups excluding carboxylic acids is 1. The molecule has 0 aliphatic rings. The van der Waals surface area contributed by atoms with Crippen LogP contribution in [0.3, 0.4) is 0 Å². The Bertz CT molecular complexity index is 465. The smallest absolute Gasteiger partial charge is 0.199 e. The van der Waals surface area contributed by atoms with E-state index < -0.39 is 0 Å². The molecule has 70 valence electrons. The van der Waals surface area contributed by atoms with E-state index in [1.807, 2.05) is 24.3 Å². The average molecular weight is 252 g/mol. The molecule has 0 atom stereocenters. The van der Waals surface area contributed by atoms with E-state index in [9.17, 15) is 4.79 Å². The zero-order chi connectivity index (χ0) is 9.97. The zero-order valence-corrected chi connectivity index (χ0v) is 8.69. The summed E-state index contributed by atoms with van der Waals surface area (Å²) in [7, 11) is 0. The van der Waals surface area contributed by atoms with Gasteiger partial charge < -0.3 is 4.52 Å². The molecular formula is C10H6BrNO2. The van der Waals surface area contributed by atoms with Crippen molar-refractivity contribution in [3.63, 3.8) is 0 Å². The highest BCUT2D eigenvalue weighted by Gasteiger charge is 2.05. The number of hydrogen-bond donors (Lipinski definition) is 0. The van der Waals surface area contributed by atoms with Gasteiger partial charge in [0, 0.05) is 16.1 Å². The number of carbonyl (C=O) groups is 1. The maximum Gasteiger partial charge on any atom is 0.199 e. The van der Waals surface area contributed by atoms with Gasteiger partial charge >= 0.3 is 0 Å². The summed E-state index contributed by atoms with van der Waals surface area (Å²) in [4.78, 5) is 10.4. The largest absolute Gasteiger partial charge is 0.353 e. The van der Waals surface area contributed by atoms with Crippen LogP contribution >= 0.6 is 15.9 Å². The zero-order valence-electron chi connectivity index (χ0n) is 7.11. The maximum atomic E-state index is 10.4. The lowest BCUT2D eigenvalue weighted by Gasteiger charge is -1.94. The molecule has 0 saturated heterocycles. The fraction of sp³-hybridized carbons (Fsp3) is 0. The normalized spacial score (nSPS) is 10.1. The fourth-order valence-electron chi connectivity index (χ4n) is 1.13. The number of nitrogens with zero attached hydrogens (tertiary/aromatic N) is 1. The van der Waals surface area contributed by atoms with Crippen molar-refractivity contribution >= 4 is 22.2 Å². The van der Waals surface area contributed by atoms with Gasteiger partial charge in [-0.3, -0.25) is 4.79 Å². The minimum atomic E-state index is 0.236. The van der Waals surface area contributed by atoms with Crippen molar-refractivity contribution in [1.82, 2.24) is 5.16 Å². The molecule has 0 amide bonds. The number of rotatable bonds is 2. The Hall–Kier alpha value is -1.42. The predicted molar refractivity (Wildman–Crippen MR) is 55.0 cm³/mol. The van der Waals surface area contributed by atoms with E-state index in [2.05, 4.69) is 21.1 Å². The molecule has 0 bridgehead atoms. The van der Waals surface area contributed by atoms with Crippen LogP contribution in [0.5, 0.6) is 0 Å². The van der Waals surface area contributed by atoms with Crippen LogP contribution in [0.25, 0.3) is 11.3 Å². The van der Waals surface area contributed by atoms with Gasteiger partial charge in [-0.15, -0.1) is 0 Å². The lowest BCUT2D eigenvalue weighted by molar-refractivity contribution is 0.109. The molecular weight excluding hydrogens is 246 g/mol. The first kappa shape index (κ1) is 9.15. The topological polar surface area (TPSA) is 43.1 Å². The van der Waals surface area contributed by atoms with Crippen LogP contribution in [-0.2, 0) is 0 Å². The summed E-state index contributed by atoms with van der Waals surface area (Å²) in [6.07, 6.45) is 0.633. The van der Waals surface area contributed by atoms with E-state index in [1.165, 1.54) is 0 Å². The van der Waals surface area contributed by atoms with Crippen LogP contribution in [0, 0.1) is 0 Å². The van der Waals surface area contributed by atoms with Crippen molar-refractivity contribution in [2.45, 2.75) is 0 Å². The van der Waals surface area contributed by atoms with Crippen LogP contribution in [0.2, 0.25) is 0 Å². The molecule has 0 spiro atoms. The molecule has 0 N–H and O–H groups in total. The molecule has 14 heavy (non-hydrogen) atoms. The average Bonchev–Trinajstić information content (AvgIpc) is 2.66. The summed E-state index contributed by atoms with van der Waals surface area (Å²) in [5.74, 6) is 0.236. The number of hydrogen-bond acceptors (Lipinski definition) is 3. The van der Waals surface area contributed by atoms with E-state index in [0.717, 1.165) is 10.0 Å². The van der Waals surface area contributed by atoms with Gasteiger partial charge in [0.1, 0.15) is 5.69 Å². The molecule has 4 heteroatoms. The minimum Gasteiger partial charge on any atom is -0.353 e. The monoisotopic (exact) mass is 251 g/mol. The first-order valence-electron chi connectivity index (χ1n) is 3.97. The van der Waals surface area contributed by atoms with Gasteiger partial charge in [0.2, 0.25) is 0 Å². The van der Waals surface area contributed by atoms with Gasteiger partial charge in [-0.2, -0.15) is 0 Å². The standard InChI is InChI=1S/C10H6BrNO2/c11-8-3-1-2-7(4-8)10-5-9(6-13)14-12-10/h1-6H. The first-order chi connectivity index (χ1) is 6.79. The summed E-state index contributed by atoms with van der Waals surface area (Å²) in [5, 5.41) is 3.77. The third kappa shape index (κ3) is 1.75. The van der Waals surface area contributed by atoms with Crippen LogP contribution in [0.4, 0.5) is 0 Å². The van der Waals surface area contributed by atoms with Crippen LogP contribution in [0.1, 0.15) is 10.6 Å². The Labute approximate surface area is 88.8 Å². The third-order valence-corrected chi connectivity index (χ3v) is 2.26. The Kier molecular flexibility index (Phi) is 2.45. The quantitative estimate of drug-likeness (QED) is 0.771. The Morgan fingerprint density at radius 1 is 1.36 bits per heavy atom. The van der Waals surface area contributed by atoms with E-state index in [4.69, 9.17) is 4.52 Å². The van der Waals surface area contributed by atoms with Crippen molar-refractivity contribution in [2.75, 3.05) is 0 Å². The molecule has 1 aromatic carbocycles. The van der Waals surface area contributed by atoms with Crippen molar-refractivity contribution in [3.05, 3.63) is 40.6 Å². The van der Waals surface area contributed by atoms with Gasteiger partial charge in [-0.25, -0.2) is 0 Å². The second-order valence-corrected chi connectivity index (χ2v) is 3.66. The number of halogens is 1. The van der Waals surface area contributed by atoms with Crippen LogP contribution < -0.4 is 0 Å². The lowest BCUT2D eigenvalue weighted by Crippen LogP contribution is -1.75. The Morgan fingerprint density at radius 2 is 2.21 bits per heavy atom. The van der Waals surface area contributed by atoms with Crippen molar-refractivity contribution < 1.29 is 9.32 Å². The molecule has 2 rings (SSSR count). The highest BCUT2D eigenvalue weighted by molar-refractivity contribution is 9.10. The van der Waals surface area contributed by atoms with Gasteiger partial charge in [-0.1, -0.05) is 33.2 Å². The van der Waals surface area contributed by atoms with Gasteiger partial charge in [0.25, 0.3) is 0 Å². The molecule has 0 aliphatic carbocycles. The second-order valence-electron chi connectivity index (χ2n) is 2.74. The summed E-state index contributed by atoms with van der Waals surface area (Å²) in [6, 6.07) is 9.23. The van der Waals surface area contributed by atoms with Gasteiger partial charge in [0.15, 0.2) is 12.0 Å². The van der Waals surface area contributed by atoms with E-state index in [-0.39, 0.29) is 5.76 Å². The molecule has 0 aliphatic heterocycles. The molecule has 0 fully saturated rings. The predicted octanol–water partition coefficient (Wildman–Crippen LogP) is 2.92. The molecule has 1 heterocycles. The maximum absolute atomic E-state index is 10.4. The minimum absolute atomic E-state index is 0.236. The number of aromatic nitrogens is 1. The first-order valence-corrected chi connectivity index (χ1v) is 4.77. The van der Waals surface area contributed by atoms with Crippen molar-refractivity contribution in [2.24, 2.45) is 0 Å². The molecule has 1 aromatic heterocycles. The summed E-state index contributed by atoms with van der Waals surface area (Å²) in [6.45, 7) is 0. The molecule has 3 nitrogen and oxygen atoms in total. The Morgan fingerprint density at radius 3 is 2.86 bits per heavy atom. The lowest BCUT2D eigenvalue weighted by atomic mass is 10.1. The van der Waals surface area contributed by atoms with Crippen LogP contribution in [0.15, 0.2) is 39.3 Å². The van der Waals surface area contributed by atoms with Gasteiger partial charge in [-0.05, 0) is 12.1 Å². The van der Waals surface area contributed by atoms with Gasteiger partial charge in [0.05, 0.1) is 0 Å². The fourth-order valence-corrected chi connectivity index (χ4v) is 1.53. The van der Waals surface area contributed by atoms with Crippen LogP contribution in [-0.4, -0.2) is 11.4 Å². The third-order valence-electron chi connectivity index (χ3n) is 1.76. The van der Waals surface area contributed by atoms with E-state index in [1.54, 1.807) is 6.07 Å². The van der Waals surface area contributed by atoms with E-state index in [0.29, 0.717) is 12.0 Å². The molecule has 0 saturated carbocycles. The number of benzene rings is 1. The molecule has 0 unspecified atom stereocenters. The van der Waals surface area contributed by atoms with Crippen molar-refractivity contribution in [3.8, 4) is 11.3 Å². The summed E-state index contributed by atoms with van der Waals surface area (Å²) < 4.78 is 5.74. The summed E-state index contributed by atoms with van der Waals surface area (Å²) in [5.41, 5.74) is 1.57. The summed E-state index contributed by atoms with van der Waals surface area (Å²) >= 11 is 3.36. The molecule has 0 radical (unpaired) electrons. The van der Waals surface area contributed by atoms with E-state index >= 15 is 0 Å². The highest BCUT2D eigenvalue weighted by Crippen LogP contribution is 2.21. The molecule has 2 aromatic rings. The van der Waals surface area contributed by atoms with Crippen molar-refractivity contribution in [1.29, 1.82) is 0 Å². The number of aldehydes is 1.